The smallest absolute Gasteiger partial charge is 0.237 e. The van der Waals surface area contributed by atoms with E-state index in [4.69, 9.17) is 15.2 Å². The third-order valence-corrected chi connectivity index (χ3v) is 3.76. The van der Waals surface area contributed by atoms with Gasteiger partial charge in [-0.1, -0.05) is 20.8 Å². The number of nitrogens with one attached hydrogen (secondary N) is 1. The van der Waals surface area contributed by atoms with Gasteiger partial charge in [0.1, 0.15) is 11.5 Å². The van der Waals surface area contributed by atoms with Gasteiger partial charge in [-0.15, -0.1) is 24.8 Å². The number of hydrogen-bond acceptors (Lipinski definition) is 5. The number of halogens is 2. The summed E-state index contributed by atoms with van der Waals surface area (Å²) >= 11 is 0. The van der Waals surface area contributed by atoms with Gasteiger partial charge < -0.3 is 20.5 Å². The van der Waals surface area contributed by atoms with Gasteiger partial charge in [0, 0.05) is 18.8 Å². The lowest BCUT2D eigenvalue weighted by Gasteiger charge is -2.25. The first-order chi connectivity index (χ1) is 11.8. The molecule has 150 valence electrons. The molecule has 2 aromatic rings. The highest BCUT2D eigenvalue weighted by Crippen LogP contribution is 2.23. The summed E-state index contributed by atoms with van der Waals surface area (Å²) in [5.41, 5.74) is 6.55. The molecule has 1 aromatic heterocycles. The van der Waals surface area contributed by atoms with Crippen LogP contribution < -0.4 is 20.5 Å². The van der Waals surface area contributed by atoms with Crippen molar-refractivity contribution in [3.63, 3.8) is 0 Å². The molecule has 0 spiro atoms. The molecule has 0 aliphatic heterocycles. The topological polar surface area (TPSA) is 86.5 Å². The second kappa shape index (κ2) is 11.0. The highest BCUT2D eigenvalue weighted by molar-refractivity contribution is 5.85. The van der Waals surface area contributed by atoms with E-state index in [0.717, 1.165) is 11.3 Å². The molecule has 1 amide bonds. The fraction of sp³-hybridized carbons (Fsp3) is 0.368. The predicted molar refractivity (Wildman–Crippen MR) is 111 cm³/mol. The number of pyridine rings is 1. The molecule has 8 heteroatoms. The van der Waals surface area contributed by atoms with Crippen LogP contribution in [0.15, 0.2) is 42.6 Å². The Morgan fingerprint density at radius 1 is 1.15 bits per heavy atom. The van der Waals surface area contributed by atoms with E-state index in [0.29, 0.717) is 18.2 Å². The van der Waals surface area contributed by atoms with Crippen LogP contribution in [-0.4, -0.2) is 24.0 Å². The summed E-state index contributed by atoms with van der Waals surface area (Å²) in [6, 6.07) is 10.3. The first-order valence-electron chi connectivity index (χ1n) is 8.10. The van der Waals surface area contributed by atoms with Crippen LogP contribution in [0.5, 0.6) is 17.4 Å². The Balaban J connectivity index is 0.00000338. The highest BCUT2D eigenvalue weighted by Gasteiger charge is 2.27. The second-order valence-electron chi connectivity index (χ2n) is 6.84. The Hall–Kier alpha value is -2.02. The maximum atomic E-state index is 12.1. The maximum Gasteiger partial charge on any atom is 0.237 e. The van der Waals surface area contributed by atoms with Crippen molar-refractivity contribution in [1.82, 2.24) is 10.3 Å². The summed E-state index contributed by atoms with van der Waals surface area (Å²) in [4.78, 5) is 16.3. The van der Waals surface area contributed by atoms with Crippen LogP contribution in [0.4, 0.5) is 0 Å². The van der Waals surface area contributed by atoms with E-state index < -0.39 is 6.04 Å². The van der Waals surface area contributed by atoms with E-state index in [1.165, 1.54) is 0 Å². The fourth-order valence-electron chi connectivity index (χ4n) is 2.07. The van der Waals surface area contributed by atoms with Crippen LogP contribution in [0.2, 0.25) is 0 Å². The Bertz CT molecular complexity index is 719. The molecule has 27 heavy (non-hydrogen) atoms. The van der Waals surface area contributed by atoms with Crippen LogP contribution in [0.25, 0.3) is 0 Å². The maximum absolute atomic E-state index is 12.1. The molecule has 0 saturated carbocycles. The third-order valence-electron chi connectivity index (χ3n) is 3.76. The number of carbonyl (C=O) groups is 1. The molecule has 6 nitrogen and oxygen atoms in total. The molecule has 0 saturated heterocycles. The monoisotopic (exact) mass is 415 g/mol. The number of nitrogens with two attached hydrogens (primary N) is 1. The van der Waals surface area contributed by atoms with E-state index in [-0.39, 0.29) is 36.1 Å². The minimum Gasteiger partial charge on any atom is -0.497 e. The molecule has 0 radical (unpaired) electrons. The first kappa shape index (κ1) is 25.0. The summed E-state index contributed by atoms with van der Waals surface area (Å²) in [6.45, 7) is 6.17. The van der Waals surface area contributed by atoms with Crippen LogP contribution in [0.1, 0.15) is 26.3 Å². The van der Waals surface area contributed by atoms with Crippen molar-refractivity contribution in [3.8, 4) is 17.4 Å². The molecule has 1 heterocycles. The number of hydrogen-bond donors (Lipinski definition) is 2. The zero-order chi connectivity index (χ0) is 18.4. The number of aromatic nitrogens is 1. The molecule has 2 rings (SSSR count). The average Bonchev–Trinajstić information content (AvgIpc) is 2.59. The molecule has 3 N–H and O–H groups in total. The van der Waals surface area contributed by atoms with Crippen LogP contribution in [-0.2, 0) is 11.3 Å². The summed E-state index contributed by atoms with van der Waals surface area (Å²) in [6.07, 6.45) is 1.64. The lowest BCUT2D eigenvalue weighted by Crippen LogP contribution is -2.48. The lowest BCUT2D eigenvalue weighted by atomic mass is 9.87. The van der Waals surface area contributed by atoms with E-state index in [2.05, 4.69) is 10.3 Å². The largest absolute Gasteiger partial charge is 0.497 e. The second-order valence-corrected chi connectivity index (χ2v) is 6.84. The van der Waals surface area contributed by atoms with Crippen LogP contribution in [0.3, 0.4) is 0 Å². The first-order valence-corrected chi connectivity index (χ1v) is 8.10. The summed E-state index contributed by atoms with van der Waals surface area (Å²) in [7, 11) is 1.61. The number of nitrogens with zero attached hydrogens (tertiary/aromatic N) is 1. The van der Waals surface area contributed by atoms with Crippen molar-refractivity contribution in [2.24, 2.45) is 11.1 Å². The number of rotatable bonds is 6. The van der Waals surface area contributed by atoms with E-state index >= 15 is 0 Å². The van der Waals surface area contributed by atoms with Gasteiger partial charge >= 0.3 is 0 Å². The van der Waals surface area contributed by atoms with Gasteiger partial charge in [-0.2, -0.15) is 0 Å². The van der Waals surface area contributed by atoms with Crippen molar-refractivity contribution in [2.75, 3.05) is 7.11 Å². The standard InChI is InChI=1S/C19H25N3O3.2ClH/c1-19(2,3)17(20)18(23)22-12-13-9-10-21-16(11-13)25-15-7-5-14(24-4)6-8-15;;/h5-11,17H,12,20H2,1-4H3,(H,22,23);2*1H/t17-;;/m1../s1. The Morgan fingerprint density at radius 2 is 1.74 bits per heavy atom. The van der Waals surface area contributed by atoms with E-state index in [1.807, 2.05) is 39.0 Å². The quantitative estimate of drug-likeness (QED) is 0.750. The Morgan fingerprint density at radius 3 is 2.30 bits per heavy atom. The van der Waals surface area contributed by atoms with Crippen molar-refractivity contribution in [1.29, 1.82) is 0 Å². The minimum absolute atomic E-state index is 0. The van der Waals surface area contributed by atoms with E-state index in [9.17, 15) is 4.79 Å². The number of amides is 1. The van der Waals surface area contributed by atoms with Crippen LogP contribution >= 0.6 is 24.8 Å². The molecule has 0 bridgehead atoms. The molecule has 1 atom stereocenters. The van der Waals surface area contributed by atoms with E-state index in [1.54, 1.807) is 31.5 Å². The molecule has 0 unspecified atom stereocenters. The van der Waals surface area contributed by atoms with Gasteiger partial charge in [0.15, 0.2) is 0 Å². The molecule has 0 aliphatic carbocycles. The predicted octanol–water partition coefficient (Wildman–Crippen LogP) is 3.72. The van der Waals surface area contributed by atoms with Gasteiger partial charge in [-0.05, 0) is 41.3 Å². The van der Waals surface area contributed by atoms with Gasteiger partial charge in [-0.3, -0.25) is 4.79 Å². The van der Waals surface area contributed by atoms with Gasteiger partial charge in [-0.25, -0.2) is 4.98 Å². The Labute approximate surface area is 172 Å². The summed E-state index contributed by atoms with van der Waals surface area (Å²) < 4.78 is 10.8. The number of carbonyl (C=O) groups excluding carboxylic acids is 1. The normalized spacial score (nSPS) is 11.4. The fourth-order valence-corrected chi connectivity index (χ4v) is 2.07. The molecular formula is C19H27Cl2N3O3. The number of methoxy groups -OCH3 is 1. The van der Waals surface area contributed by atoms with Gasteiger partial charge in [0.25, 0.3) is 0 Å². The highest BCUT2D eigenvalue weighted by atomic mass is 35.5. The lowest BCUT2D eigenvalue weighted by molar-refractivity contribution is -0.124. The van der Waals surface area contributed by atoms with Crippen LogP contribution in [0, 0.1) is 5.41 Å². The van der Waals surface area contributed by atoms with Gasteiger partial charge in [0.05, 0.1) is 13.2 Å². The van der Waals surface area contributed by atoms with Crippen molar-refractivity contribution < 1.29 is 14.3 Å². The summed E-state index contributed by atoms with van der Waals surface area (Å²) in [5, 5.41) is 2.85. The molecule has 0 aliphatic rings. The number of ether oxygens (including phenoxy) is 2. The number of benzene rings is 1. The van der Waals surface area contributed by atoms with Gasteiger partial charge in [0.2, 0.25) is 11.8 Å². The molecule has 0 fully saturated rings. The summed E-state index contributed by atoms with van der Waals surface area (Å²) in [5.74, 6) is 1.69. The third kappa shape index (κ3) is 7.62. The molecular weight excluding hydrogens is 389 g/mol. The molecule has 1 aromatic carbocycles. The Kier molecular flexibility index (Phi) is 10.1. The van der Waals surface area contributed by atoms with Crippen molar-refractivity contribution >= 4 is 30.7 Å². The van der Waals surface area contributed by atoms with Crippen molar-refractivity contribution in [3.05, 3.63) is 48.2 Å². The van der Waals surface area contributed by atoms with Crippen molar-refractivity contribution in [2.45, 2.75) is 33.4 Å². The SMILES string of the molecule is COc1ccc(Oc2cc(CNC(=O)[C@@H](N)C(C)(C)C)ccn2)cc1.Cl.Cl. The minimum atomic E-state index is -0.565. The average molecular weight is 416 g/mol. The zero-order valence-electron chi connectivity index (χ0n) is 15.9. The zero-order valence-corrected chi connectivity index (χ0v) is 17.5.